The Morgan fingerprint density at radius 2 is 1.84 bits per heavy atom. The number of rotatable bonds is 4. The summed E-state index contributed by atoms with van der Waals surface area (Å²) in [7, 11) is 0. The Hall–Kier alpha value is -2.08. The van der Waals surface area contributed by atoms with Crippen LogP contribution in [0.15, 0.2) is 42.5 Å². The molecule has 0 fully saturated rings. The maximum Gasteiger partial charge on any atom is 0.267 e. The largest absolute Gasteiger partial charge is 0.396 e. The molecule has 0 unspecified atom stereocenters. The van der Waals surface area contributed by atoms with Crippen LogP contribution in [-0.2, 0) is 6.42 Å². The standard InChI is InChI=1S/C18H15Cl2N3OS/c1-10-17(25-15(22-10)7-11-5-3-2-4-6-11)18(24)23-12-8-13(19)16(21)14(20)9-12/h2-6,8-9H,7,21H2,1H3,(H,23,24). The monoisotopic (exact) mass is 391 g/mol. The number of benzene rings is 2. The number of aryl methyl sites for hydroxylation is 1. The van der Waals surface area contributed by atoms with Crippen molar-refractivity contribution in [3.05, 3.63) is 73.7 Å². The van der Waals surface area contributed by atoms with Crippen LogP contribution in [-0.4, -0.2) is 10.9 Å². The fourth-order valence-electron chi connectivity index (χ4n) is 2.35. The fourth-order valence-corrected chi connectivity index (χ4v) is 3.83. The van der Waals surface area contributed by atoms with E-state index in [1.54, 1.807) is 12.1 Å². The summed E-state index contributed by atoms with van der Waals surface area (Å²) in [5.74, 6) is -0.244. The Labute approximate surface area is 159 Å². The number of carbonyl (C=O) groups excluding carboxylic acids is 1. The number of anilines is 2. The molecule has 3 rings (SSSR count). The van der Waals surface area contributed by atoms with Crippen LogP contribution >= 0.6 is 34.5 Å². The van der Waals surface area contributed by atoms with Crippen molar-refractivity contribution in [2.24, 2.45) is 0 Å². The van der Waals surface area contributed by atoms with E-state index in [9.17, 15) is 4.79 Å². The molecule has 1 amide bonds. The number of hydrogen-bond donors (Lipinski definition) is 2. The van der Waals surface area contributed by atoms with Crippen molar-refractivity contribution in [2.45, 2.75) is 13.3 Å². The number of aromatic nitrogens is 1. The van der Waals surface area contributed by atoms with Gasteiger partial charge in [-0.1, -0.05) is 53.5 Å². The lowest BCUT2D eigenvalue weighted by atomic mass is 10.2. The molecule has 0 spiro atoms. The molecule has 3 aromatic rings. The van der Waals surface area contributed by atoms with Gasteiger partial charge in [0.05, 0.1) is 26.4 Å². The maximum absolute atomic E-state index is 12.6. The van der Waals surface area contributed by atoms with Gasteiger partial charge in [0.15, 0.2) is 0 Å². The number of halogens is 2. The van der Waals surface area contributed by atoms with Crippen molar-refractivity contribution >= 4 is 51.8 Å². The molecule has 0 aliphatic rings. The minimum Gasteiger partial charge on any atom is -0.396 e. The number of hydrogen-bond acceptors (Lipinski definition) is 4. The first-order valence-corrected chi connectivity index (χ1v) is 9.07. The fraction of sp³-hybridized carbons (Fsp3) is 0.111. The molecule has 1 heterocycles. The minimum atomic E-state index is -0.244. The van der Waals surface area contributed by atoms with Gasteiger partial charge in [-0.3, -0.25) is 4.79 Å². The summed E-state index contributed by atoms with van der Waals surface area (Å²) in [5, 5.41) is 4.28. The van der Waals surface area contributed by atoms with E-state index in [0.29, 0.717) is 38.4 Å². The molecule has 2 aromatic carbocycles. The van der Waals surface area contributed by atoms with Gasteiger partial charge in [-0.15, -0.1) is 11.3 Å². The van der Waals surface area contributed by atoms with Crippen molar-refractivity contribution in [2.75, 3.05) is 11.1 Å². The number of nitrogen functional groups attached to an aromatic ring is 1. The molecule has 0 saturated carbocycles. The average Bonchev–Trinajstić information content (AvgIpc) is 2.94. The topological polar surface area (TPSA) is 68.0 Å². The summed E-state index contributed by atoms with van der Waals surface area (Å²) >= 11 is 13.4. The maximum atomic E-state index is 12.6. The molecule has 25 heavy (non-hydrogen) atoms. The van der Waals surface area contributed by atoms with E-state index in [-0.39, 0.29) is 5.91 Å². The highest BCUT2D eigenvalue weighted by atomic mass is 35.5. The van der Waals surface area contributed by atoms with Crippen LogP contribution in [0.2, 0.25) is 10.0 Å². The molecule has 128 valence electrons. The van der Waals surface area contributed by atoms with Gasteiger partial charge < -0.3 is 11.1 Å². The Balaban J connectivity index is 1.79. The van der Waals surface area contributed by atoms with Crippen molar-refractivity contribution < 1.29 is 4.79 Å². The Bertz CT molecular complexity index is 902. The van der Waals surface area contributed by atoms with Crippen LogP contribution in [0.25, 0.3) is 0 Å². The van der Waals surface area contributed by atoms with E-state index in [2.05, 4.69) is 10.3 Å². The van der Waals surface area contributed by atoms with E-state index in [1.807, 2.05) is 37.3 Å². The van der Waals surface area contributed by atoms with Gasteiger partial charge in [-0.25, -0.2) is 4.98 Å². The summed E-state index contributed by atoms with van der Waals surface area (Å²) in [6, 6.07) is 13.2. The van der Waals surface area contributed by atoms with Crippen molar-refractivity contribution in [1.29, 1.82) is 0 Å². The molecule has 3 N–H and O–H groups in total. The molecule has 0 saturated heterocycles. The van der Waals surface area contributed by atoms with Crippen LogP contribution in [0.5, 0.6) is 0 Å². The molecule has 4 nitrogen and oxygen atoms in total. The number of carbonyl (C=O) groups is 1. The first kappa shape index (κ1) is 17.7. The first-order chi connectivity index (χ1) is 11.9. The highest BCUT2D eigenvalue weighted by Gasteiger charge is 2.16. The summed E-state index contributed by atoms with van der Waals surface area (Å²) in [6.07, 6.45) is 0.694. The lowest BCUT2D eigenvalue weighted by Crippen LogP contribution is -2.11. The smallest absolute Gasteiger partial charge is 0.267 e. The van der Waals surface area contributed by atoms with E-state index >= 15 is 0 Å². The number of thiazole rings is 1. The van der Waals surface area contributed by atoms with E-state index in [0.717, 1.165) is 10.6 Å². The van der Waals surface area contributed by atoms with Crippen LogP contribution in [0.1, 0.15) is 25.9 Å². The van der Waals surface area contributed by atoms with Crippen LogP contribution < -0.4 is 11.1 Å². The van der Waals surface area contributed by atoms with Crippen LogP contribution in [0.3, 0.4) is 0 Å². The summed E-state index contributed by atoms with van der Waals surface area (Å²) < 4.78 is 0. The molecule has 0 aliphatic carbocycles. The minimum absolute atomic E-state index is 0.244. The normalized spacial score (nSPS) is 10.7. The highest BCUT2D eigenvalue weighted by molar-refractivity contribution is 7.14. The van der Waals surface area contributed by atoms with E-state index in [1.165, 1.54) is 11.3 Å². The third kappa shape index (κ3) is 4.12. The second kappa shape index (κ2) is 7.44. The third-order valence-corrected chi connectivity index (χ3v) is 5.36. The van der Waals surface area contributed by atoms with Gasteiger partial charge in [0.1, 0.15) is 4.88 Å². The zero-order valence-corrected chi connectivity index (χ0v) is 15.7. The molecular weight excluding hydrogens is 377 g/mol. The lowest BCUT2D eigenvalue weighted by molar-refractivity contribution is 0.103. The summed E-state index contributed by atoms with van der Waals surface area (Å²) in [6.45, 7) is 1.82. The summed E-state index contributed by atoms with van der Waals surface area (Å²) in [4.78, 5) is 17.6. The average molecular weight is 392 g/mol. The first-order valence-electron chi connectivity index (χ1n) is 7.50. The molecule has 0 atom stereocenters. The van der Waals surface area contributed by atoms with Gasteiger partial charge in [-0.2, -0.15) is 0 Å². The predicted octanol–water partition coefficient (Wildman–Crippen LogP) is 5.18. The van der Waals surface area contributed by atoms with Gasteiger partial charge in [0, 0.05) is 12.1 Å². The Morgan fingerprint density at radius 3 is 2.48 bits per heavy atom. The van der Waals surface area contributed by atoms with Crippen molar-refractivity contribution in [3.8, 4) is 0 Å². The number of nitrogens with zero attached hydrogens (tertiary/aromatic N) is 1. The molecule has 7 heteroatoms. The Morgan fingerprint density at radius 1 is 1.20 bits per heavy atom. The molecule has 0 radical (unpaired) electrons. The predicted molar refractivity (Wildman–Crippen MR) is 105 cm³/mol. The molecular formula is C18H15Cl2N3OS. The lowest BCUT2D eigenvalue weighted by Gasteiger charge is -2.07. The molecule has 1 aromatic heterocycles. The molecule has 0 bridgehead atoms. The second-order valence-electron chi connectivity index (χ2n) is 5.49. The van der Waals surface area contributed by atoms with E-state index < -0.39 is 0 Å². The van der Waals surface area contributed by atoms with Gasteiger partial charge in [-0.05, 0) is 24.6 Å². The van der Waals surface area contributed by atoms with E-state index in [4.69, 9.17) is 28.9 Å². The van der Waals surface area contributed by atoms with Gasteiger partial charge in [0.25, 0.3) is 5.91 Å². The van der Waals surface area contributed by atoms with Crippen LogP contribution in [0, 0.1) is 6.92 Å². The second-order valence-corrected chi connectivity index (χ2v) is 7.39. The Kier molecular flexibility index (Phi) is 5.27. The van der Waals surface area contributed by atoms with Gasteiger partial charge >= 0.3 is 0 Å². The molecule has 0 aliphatic heterocycles. The number of nitrogens with two attached hydrogens (primary N) is 1. The zero-order chi connectivity index (χ0) is 18.0. The van der Waals surface area contributed by atoms with Crippen molar-refractivity contribution in [1.82, 2.24) is 4.98 Å². The third-order valence-electron chi connectivity index (χ3n) is 3.58. The SMILES string of the molecule is Cc1nc(Cc2ccccc2)sc1C(=O)Nc1cc(Cl)c(N)c(Cl)c1. The summed E-state index contributed by atoms with van der Waals surface area (Å²) in [5.41, 5.74) is 8.34. The van der Waals surface area contributed by atoms with Crippen LogP contribution in [0.4, 0.5) is 11.4 Å². The zero-order valence-electron chi connectivity index (χ0n) is 13.3. The number of amides is 1. The highest BCUT2D eigenvalue weighted by Crippen LogP contribution is 2.31. The van der Waals surface area contributed by atoms with Crippen molar-refractivity contribution in [3.63, 3.8) is 0 Å². The van der Waals surface area contributed by atoms with Gasteiger partial charge in [0.2, 0.25) is 0 Å². The quantitative estimate of drug-likeness (QED) is 0.601. The number of nitrogens with one attached hydrogen (secondary N) is 1.